The first-order chi connectivity index (χ1) is 8.90. The van der Waals surface area contributed by atoms with Crippen LogP contribution < -0.4 is 5.32 Å². The molecule has 0 bridgehead atoms. The van der Waals surface area contributed by atoms with Gasteiger partial charge in [-0.15, -0.1) is 0 Å². The maximum atomic E-state index is 12.2. The number of nitrogens with zero attached hydrogens (tertiary/aromatic N) is 2. The van der Waals surface area contributed by atoms with E-state index in [4.69, 9.17) is 11.6 Å². The van der Waals surface area contributed by atoms with Crippen molar-refractivity contribution in [3.05, 3.63) is 44.6 Å². The van der Waals surface area contributed by atoms with Crippen molar-refractivity contribution in [1.82, 2.24) is 9.78 Å². The van der Waals surface area contributed by atoms with Crippen molar-refractivity contribution in [2.45, 2.75) is 13.8 Å². The lowest BCUT2D eigenvalue weighted by molar-refractivity contribution is 0.101. The zero-order valence-corrected chi connectivity index (χ0v) is 13.1. The molecule has 0 aliphatic rings. The molecule has 0 unspecified atom stereocenters. The summed E-state index contributed by atoms with van der Waals surface area (Å²) in [6.07, 6.45) is 0. The number of amides is 1. The van der Waals surface area contributed by atoms with Gasteiger partial charge in [0.15, 0.2) is 0 Å². The van der Waals surface area contributed by atoms with Crippen LogP contribution in [0.5, 0.6) is 0 Å². The third-order valence-corrected chi connectivity index (χ3v) is 3.85. The molecule has 1 heterocycles. The molecule has 4 nitrogen and oxygen atoms in total. The number of rotatable bonds is 2. The fourth-order valence-electron chi connectivity index (χ4n) is 1.78. The lowest BCUT2D eigenvalue weighted by Gasteiger charge is -2.08. The Hall–Kier alpha value is -1.33. The van der Waals surface area contributed by atoms with E-state index in [2.05, 4.69) is 26.3 Å². The summed E-state index contributed by atoms with van der Waals surface area (Å²) in [5.74, 6) is -0.280. The molecule has 0 aliphatic carbocycles. The van der Waals surface area contributed by atoms with Crippen molar-refractivity contribution in [1.29, 1.82) is 0 Å². The Morgan fingerprint density at radius 2 is 2.11 bits per heavy atom. The molecule has 100 valence electrons. The lowest BCUT2D eigenvalue weighted by atomic mass is 10.2. The van der Waals surface area contributed by atoms with Gasteiger partial charge >= 0.3 is 0 Å². The van der Waals surface area contributed by atoms with Gasteiger partial charge in [0.25, 0.3) is 5.91 Å². The maximum Gasteiger partial charge on any atom is 0.275 e. The smallest absolute Gasteiger partial charge is 0.275 e. The second-order valence-corrected chi connectivity index (χ2v) is 5.54. The number of benzene rings is 1. The van der Waals surface area contributed by atoms with Crippen LogP contribution in [0.1, 0.15) is 21.7 Å². The van der Waals surface area contributed by atoms with Crippen molar-refractivity contribution in [3.8, 4) is 0 Å². The first kappa shape index (κ1) is 14.1. The summed E-state index contributed by atoms with van der Waals surface area (Å²) in [6, 6.07) is 5.70. The van der Waals surface area contributed by atoms with Gasteiger partial charge in [-0.25, -0.2) is 0 Å². The van der Waals surface area contributed by atoms with Crippen molar-refractivity contribution in [3.63, 3.8) is 0 Å². The highest BCUT2D eigenvalue weighted by Gasteiger charge is 2.19. The zero-order chi connectivity index (χ0) is 14.2. The standard InChI is InChI=1S/C13H13BrClN3O/c1-7-4-5-10(9(14)6-7)16-13(19)12-11(15)8(2)17-18(12)3/h4-6H,1-3H3,(H,16,19). The van der Waals surface area contributed by atoms with Gasteiger partial charge in [0.2, 0.25) is 0 Å². The van der Waals surface area contributed by atoms with Crippen LogP contribution in [0.25, 0.3) is 0 Å². The summed E-state index contributed by atoms with van der Waals surface area (Å²) < 4.78 is 2.31. The average molecular weight is 343 g/mol. The highest BCUT2D eigenvalue weighted by molar-refractivity contribution is 9.10. The topological polar surface area (TPSA) is 46.9 Å². The molecule has 1 N–H and O–H groups in total. The molecular weight excluding hydrogens is 330 g/mol. The van der Waals surface area contributed by atoms with Gasteiger partial charge < -0.3 is 5.32 Å². The monoisotopic (exact) mass is 341 g/mol. The third-order valence-electron chi connectivity index (χ3n) is 2.74. The van der Waals surface area contributed by atoms with Crippen LogP contribution in [0.15, 0.2) is 22.7 Å². The van der Waals surface area contributed by atoms with E-state index in [1.165, 1.54) is 4.68 Å². The van der Waals surface area contributed by atoms with Gasteiger partial charge in [-0.1, -0.05) is 17.7 Å². The van der Waals surface area contributed by atoms with E-state index in [9.17, 15) is 4.79 Å². The summed E-state index contributed by atoms with van der Waals surface area (Å²) in [4.78, 5) is 12.2. The van der Waals surface area contributed by atoms with E-state index in [0.29, 0.717) is 22.1 Å². The van der Waals surface area contributed by atoms with Crippen LogP contribution in [0.3, 0.4) is 0 Å². The molecule has 1 amide bonds. The van der Waals surface area contributed by atoms with Gasteiger partial charge in [-0.05, 0) is 47.5 Å². The summed E-state index contributed by atoms with van der Waals surface area (Å²) in [7, 11) is 1.69. The van der Waals surface area contributed by atoms with E-state index in [-0.39, 0.29) is 5.91 Å². The quantitative estimate of drug-likeness (QED) is 0.904. The molecule has 2 rings (SSSR count). The van der Waals surface area contributed by atoms with Crippen LogP contribution in [-0.2, 0) is 7.05 Å². The Balaban J connectivity index is 2.31. The second kappa shape index (κ2) is 5.35. The number of hydrogen-bond acceptors (Lipinski definition) is 2. The van der Waals surface area contributed by atoms with Crippen LogP contribution in [0.2, 0.25) is 5.02 Å². The largest absolute Gasteiger partial charge is 0.320 e. The number of aromatic nitrogens is 2. The van der Waals surface area contributed by atoms with E-state index < -0.39 is 0 Å². The minimum Gasteiger partial charge on any atom is -0.320 e. The Kier molecular flexibility index (Phi) is 3.96. The lowest BCUT2D eigenvalue weighted by Crippen LogP contribution is -2.16. The van der Waals surface area contributed by atoms with Crippen molar-refractivity contribution < 1.29 is 4.79 Å². The second-order valence-electron chi connectivity index (χ2n) is 4.31. The number of carbonyl (C=O) groups is 1. The van der Waals surface area contributed by atoms with E-state index in [1.54, 1.807) is 14.0 Å². The van der Waals surface area contributed by atoms with E-state index in [0.717, 1.165) is 10.0 Å². The zero-order valence-electron chi connectivity index (χ0n) is 10.8. The molecule has 0 fully saturated rings. The Morgan fingerprint density at radius 3 is 2.63 bits per heavy atom. The van der Waals surface area contributed by atoms with Crippen LogP contribution in [0, 0.1) is 13.8 Å². The molecular formula is C13H13BrClN3O. The van der Waals surface area contributed by atoms with Gasteiger partial charge in [0.05, 0.1) is 16.4 Å². The van der Waals surface area contributed by atoms with Crippen LogP contribution >= 0.6 is 27.5 Å². The number of nitrogens with one attached hydrogen (secondary N) is 1. The highest BCUT2D eigenvalue weighted by Crippen LogP contribution is 2.25. The highest BCUT2D eigenvalue weighted by atomic mass is 79.9. The van der Waals surface area contributed by atoms with Crippen LogP contribution in [-0.4, -0.2) is 15.7 Å². The molecule has 0 spiro atoms. The van der Waals surface area contributed by atoms with Crippen molar-refractivity contribution in [2.24, 2.45) is 7.05 Å². The predicted octanol–water partition coefficient (Wildman–Crippen LogP) is 3.71. The van der Waals surface area contributed by atoms with Gasteiger partial charge in [0, 0.05) is 11.5 Å². The maximum absolute atomic E-state index is 12.2. The first-order valence-corrected chi connectivity index (χ1v) is 6.84. The number of carbonyl (C=O) groups excluding carboxylic acids is 1. The Labute approximate surface area is 124 Å². The molecule has 0 radical (unpaired) electrons. The molecule has 2 aromatic rings. The summed E-state index contributed by atoms with van der Waals surface area (Å²) >= 11 is 9.50. The molecule has 0 aliphatic heterocycles. The van der Waals surface area contributed by atoms with Crippen molar-refractivity contribution in [2.75, 3.05) is 5.32 Å². The Morgan fingerprint density at radius 1 is 1.42 bits per heavy atom. The molecule has 0 atom stereocenters. The van der Waals surface area contributed by atoms with Gasteiger partial charge in [0.1, 0.15) is 5.69 Å². The van der Waals surface area contributed by atoms with Crippen LogP contribution in [0.4, 0.5) is 5.69 Å². The molecule has 0 saturated carbocycles. The van der Waals surface area contributed by atoms with Gasteiger partial charge in [-0.3, -0.25) is 9.48 Å². The fraction of sp³-hybridized carbons (Fsp3) is 0.231. The van der Waals surface area contributed by atoms with Gasteiger partial charge in [-0.2, -0.15) is 5.10 Å². The summed E-state index contributed by atoms with van der Waals surface area (Å²) in [5.41, 5.74) is 2.80. The SMILES string of the molecule is Cc1ccc(NC(=O)c2c(Cl)c(C)nn2C)c(Br)c1. The van der Waals surface area contributed by atoms with E-state index >= 15 is 0 Å². The minimum atomic E-state index is -0.280. The molecule has 1 aromatic carbocycles. The number of aryl methyl sites for hydroxylation is 3. The average Bonchev–Trinajstić information content (AvgIpc) is 2.57. The molecule has 0 saturated heterocycles. The normalized spacial score (nSPS) is 10.6. The van der Waals surface area contributed by atoms with Crippen molar-refractivity contribution >= 4 is 39.1 Å². The number of hydrogen-bond donors (Lipinski definition) is 1. The molecule has 6 heteroatoms. The molecule has 19 heavy (non-hydrogen) atoms. The van der Waals surface area contributed by atoms with E-state index in [1.807, 2.05) is 25.1 Å². The number of halogens is 2. The molecule has 1 aromatic heterocycles. The Bertz CT molecular complexity index is 652. The predicted molar refractivity (Wildman–Crippen MR) is 79.8 cm³/mol. The first-order valence-electron chi connectivity index (χ1n) is 5.66. The third kappa shape index (κ3) is 2.82. The fourth-order valence-corrected chi connectivity index (χ4v) is 2.62. The minimum absolute atomic E-state index is 0.280. The summed E-state index contributed by atoms with van der Waals surface area (Å²) in [6.45, 7) is 3.75. The summed E-state index contributed by atoms with van der Waals surface area (Å²) in [5, 5.41) is 7.32. The number of anilines is 1.